The minimum absolute atomic E-state index is 0.104. The molecular formula is C24H23N5O3S. The van der Waals surface area contributed by atoms with Gasteiger partial charge in [-0.15, -0.1) is 0 Å². The predicted octanol–water partition coefficient (Wildman–Crippen LogP) is 4.26. The molecule has 2 fully saturated rings. The van der Waals surface area contributed by atoms with E-state index in [1.54, 1.807) is 10.8 Å². The molecule has 3 aromatic heterocycles. The molecule has 0 amide bonds. The zero-order valence-corrected chi connectivity index (χ0v) is 19.2. The first kappa shape index (κ1) is 20.4. The summed E-state index contributed by atoms with van der Waals surface area (Å²) in [6, 6.07) is 6.27. The molecule has 0 atom stereocenters. The number of aromatic nitrogens is 5. The van der Waals surface area contributed by atoms with E-state index in [2.05, 4.69) is 27.9 Å². The molecule has 0 unspecified atom stereocenters. The second-order valence-corrected chi connectivity index (χ2v) is 9.94. The number of fused-ring (bicyclic) bond motifs is 1. The van der Waals surface area contributed by atoms with Crippen LogP contribution in [0.15, 0.2) is 43.5 Å². The van der Waals surface area contributed by atoms with Crippen molar-refractivity contribution in [1.82, 2.24) is 24.5 Å². The van der Waals surface area contributed by atoms with Crippen molar-refractivity contribution in [3.63, 3.8) is 0 Å². The fourth-order valence-electron chi connectivity index (χ4n) is 4.13. The van der Waals surface area contributed by atoms with Crippen LogP contribution in [0.1, 0.15) is 60.3 Å². The van der Waals surface area contributed by atoms with Crippen LogP contribution < -0.4 is 11.2 Å². The zero-order chi connectivity index (χ0) is 22.7. The molecule has 168 valence electrons. The average Bonchev–Trinajstić information content (AvgIpc) is 3.70. The maximum atomic E-state index is 12.8. The highest BCUT2D eigenvalue weighted by molar-refractivity contribution is 7.98. The van der Waals surface area contributed by atoms with Crippen LogP contribution >= 0.6 is 11.8 Å². The van der Waals surface area contributed by atoms with Crippen molar-refractivity contribution in [2.45, 2.75) is 62.3 Å². The molecule has 2 aliphatic carbocycles. The standard InChI is InChI=1S/C24H23N5O3S/c1-12-3-8-17(13(2)9-12)22-25-15(10-32-22)11-33-23-18-20(26-19(27-23)14-4-5-14)29(16-6-7-16)24(31)28-21(18)30/h3,8-10,14,16H,4-7,11H2,1-2H3,(H,28,30,31). The second-order valence-electron chi connectivity index (χ2n) is 8.97. The minimum atomic E-state index is -0.437. The maximum absolute atomic E-state index is 12.8. The summed E-state index contributed by atoms with van der Waals surface area (Å²) >= 11 is 1.43. The Bertz CT molecular complexity index is 1510. The average molecular weight is 462 g/mol. The van der Waals surface area contributed by atoms with E-state index in [1.807, 2.05) is 19.1 Å². The number of rotatable bonds is 6. The first-order valence-corrected chi connectivity index (χ1v) is 12.2. The number of oxazole rings is 1. The van der Waals surface area contributed by atoms with Crippen molar-refractivity contribution in [2.75, 3.05) is 0 Å². The highest BCUT2D eigenvalue weighted by Crippen LogP contribution is 2.41. The lowest BCUT2D eigenvalue weighted by molar-refractivity contribution is 0.573. The molecule has 9 heteroatoms. The molecular weight excluding hydrogens is 438 g/mol. The Morgan fingerprint density at radius 2 is 1.94 bits per heavy atom. The smallest absolute Gasteiger partial charge is 0.330 e. The largest absolute Gasteiger partial charge is 0.444 e. The monoisotopic (exact) mass is 461 g/mol. The van der Waals surface area contributed by atoms with Crippen LogP contribution in [0, 0.1) is 13.8 Å². The van der Waals surface area contributed by atoms with Crippen LogP contribution in [0.5, 0.6) is 0 Å². The molecule has 3 heterocycles. The van der Waals surface area contributed by atoms with Crippen LogP contribution in [-0.2, 0) is 5.75 Å². The lowest BCUT2D eigenvalue weighted by Crippen LogP contribution is -2.31. The fraction of sp³-hybridized carbons (Fsp3) is 0.375. The van der Waals surface area contributed by atoms with E-state index < -0.39 is 5.56 Å². The van der Waals surface area contributed by atoms with Crippen LogP contribution in [0.3, 0.4) is 0 Å². The number of H-pyrrole nitrogens is 1. The Labute approximate surface area is 193 Å². The predicted molar refractivity (Wildman–Crippen MR) is 126 cm³/mol. The van der Waals surface area contributed by atoms with Gasteiger partial charge in [-0.1, -0.05) is 29.5 Å². The van der Waals surface area contributed by atoms with Gasteiger partial charge in [0.1, 0.15) is 22.5 Å². The van der Waals surface area contributed by atoms with E-state index in [4.69, 9.17) is 9.40 Å². The number of thioether (sulfide) groups is 1. The van der Waals surface area contributed by atoms with Gasteiger partial charge in [-0.25, -0.2) is 19.7 Å². The molecule has 1 N–H and O–H groups in total. The van der Waals surface area contributed by atoms with E-state index in [1.165, 1.54) is 17.3 Å². The van der Waals surface area contributed by atoms with Crippen molar-refractivity contribution in [1.29, 1.82) is 0 Å². The van der Waals surface area contributed by atoms with Crippen molar-refractivity contribution < 1.29 is 4.42 Å². The lowest BCUT2D eigenvalue weighted by atomic mass is 10.1. The summed E-state index contributed by atoms with van der Waals surface area (Å²) in [5, 5.41) is 0.975. The van der Waals surface area contributed by atoms with E-state index >= 15 is 0 Å². The fourth-order valence-corrected chi connectivity index (χ4v) is 5.03. The van der Waals surface area contributed by atoms with Gasteiger partial charge in [0, 0.05) is 23.3 Å². The summed E-state index contributed by atoms with van der Waals surface area (Å²) in [7, 11) is 0. The summed E-state index contributed by atoms with van der Waals surface area (Å²) in [4.78, 5) is 41.8. The van der Waals surface area contributed by atoms with Gasteiger partial charge in [0.2, 0.25) is 5.89 Å². The summed E-state index contributed by atoms with van der Waals surface area (Å²) in [5.74, 6) is 2.10. The first-order valence-electron chi connectivity index (χ1n) is 11.2. The number of benzene rings is 1. The number of hydrogen-bond acceptors (Lipinski definition) is 7. The molecule has 6 rings (SSSR count). The van der Waals surface area contributed by atoms with Crippen molar-refractivity contribution in [3.8, 4) is 11.5 Å². The third-order valence-corrected chi connectivity index (χ3v) is 7.15. The van der Waals surface area contributed by atoms with E-state index in [9.17, 15) is 9.59 Å². The summed E-state index contributed by atoms with van der Waals surface area (Å²) < 4.78 is 7.39. The highest BCUT2D eigenvalue weighted by atomic mass is 32.2. The zero-order valence-electron chi connectivity index (χ0n) is 18.4. The number of nitrogens with zero attached hydrogens (tertiary/aromatic N) is 4. The van der Waals surface area contributed by atoms with Gasteiger partial charge in [0.25, 0.3) is 5.56 Å². The molecule has 0 bridgehead atoms. The van der Waals surface area contributed by atoms with Crippen LogP contribution in [0.4, 0.5) is 0 Å². The van der Waals surface area contributed by atoms with Crippen molar-refractivity contribution in [2.24, 2.45) is 0 Å². The molecule has 0 aliphatic heterocycles. The van der Waals surface area contributed by atoms with Crippen LogP contribution in [0.2, 0.25) is 0 Å². The van der Waals surface area contributed by atoms with Gasteiger partial charge in [-0.05, 0) is 51.2 Å². The third kappa shape index (κ3) is 3.80. The number of aromatic amines is 1. The number of aryl methyl sites for hydroxylation is 2. The Kier molecular flexibility index (Phi) is 4.76. The Morgan fingerprint density at radius 1 is 1.12 bits per heavy atom. The molecule has 0 saturated heterocycles. The SMILES string of the molecule is Cc1ccc(-c2nc(CSc3nc(C4CC4)nc4c3c(=O)[nH]c(=O)n4C3CC3)co2)c(C)c1. The van der Waals surface area contributed by atoms with E-state index in [0.717, 1.165) is 48.3 Å². The summed E-state index contributed by atoms with van der Waals surface area (Å²) in [5.41, 5.74) is 3.66. The molecule has 1 aromatic carbocycles. The topological polar surface area (TPSA) is 107 Å². The molecule has 2 aliphatic rings. The normalized spacial score (nSPS) is 15.9. The summed E-state index contributed by atoms with van der Waals surface area (Å²) in [6.07, 6.45) is 5.57. The van der Waals surface area contributed by atoms with Gasteiger partial charge in [0.15, 0.2) is 5.65 Å². The molecule has 0 radical (unpaired) electrons. The third-order valence-electron chi connectivity index (χ3n) is 6.14. The van der Waals surface area contributed by atoms with E-state index in [-0.39, 0.29) is 11.7 Å². The Morgan fingerprint density at radius 3 is 2.67 bits per heavy atom. The van der Waals surface area contributed by atoms with Crippen molar-refractivity contribution in [3.05, 3.63) is 67.9 Å². The minimum Gasteiger partial charge on any atom is -0.444 e. The Hall–Kier alpha value is -3.20. The molecule has 4 aromatic rings. The molecule has 33 heavy (non-hydrogen) atoms. The van der Waals surface area contributed by atoms with Crippen molar-refractivity contribution >= 4 is 22.8 Å². The first-order chi connectivity index (χ1) is 16.0. The van der Waals surface area contributed by atoms with Crippen LogP contribution in [-0.4, -0.2) is 24.5 Å². The van der Waals surface area contributed by atoms with E-state index in [0.29, 0.717) is 33.6 Å². The Balaban J connectivity index is 1.36. The van der Waals surface area contributed by atoms with Gasteiger partial charge in [-0.3, -0.25) is 14.3 Å². The summed E-state index contributed by atoms with van der Waals surface area (Å²) in [6.45, 7) is 4.10. The van der Waals surface area contributed by atoms with Gasteiger partial charge < -0.3 is 4.42 Å². The number of hydrogen-bond donors (Lipinski definition) is 1. The molecule has 8 nitrogen and oxygen atoms in total. The van der Waals surface area contributed by atoms with Gasteiger partial charge >= 0.3 is 5.69 Å². The number of nitrogens with one attached hydrogen (secondary N) is 1. The lowest BCUT2D eigenvalue weighted by Gasteiger charge is -2.11. The molecule has 0 spiro atoms. The van der Waals surface area contributed by atoms with Crippen LogP contribution in [0.25, 0.3) is 22.5 Å². The van der Waals surface area contributed by atoms with Gasteiger partial charge in [0.05, 0.1) is 5.69 Å². The second kappa shape index (κ2) is 7.69. The van der Waals surface area contributed by atoms with Gasteiger partial charge in [-0.2, -0.15) is 0 Å². The maximum Gasteiger partial charge on any atom is 0.330 e. The quantitative estimate of drug-likeness (QED) is 0.338. The highest BCUT2D eigenvalue weighted by Gasteiger charge is 2.32. The molecule has 2 saturated carbocycles.